The first-order chi connectivity index (χ1) is 7.72. The van der Waals surface area contributed by atoms with Crippen LogP contribution in [-0.4, -0.2) is 4.98 Å². The lowest BCUT2D eigenvalue weighted by molar-refractivity contribution is 0.633. The van der Waals surface area contributed by atoms with Crippen molar-refractivity contribution in [3.05, 3.63) is 51.5 Å². The smallest absolute Gasteiger partial charge is 0.0735 e. The molecule has 0 fully saturated rings. The number of thiophene rings is 1. The Bertz CT molecular complexity index is 479. The van der Waals surface area contributed by atoms with E-state index >= 15 is 0 Å². The molecule has 0 aliphatic carbocycles. The van der Waals surface area contributed by atoms with Crippen LogP contribution in [0.1, 0.15) is 27.6 Å². The molecule has 1 atom stereocenters. The SMILES string of the molecule is Cc1cncc(C(NN)c2ccsc2C)c1. The monoisotopic (exact) mass is 233 g/mol. The van der Waals surface area contributed by atoms with Crippen LogP contribution in [0, 0.1) is 13.8 Å². The second kappa shape index (κ2) is 4.74. The normalized spacial score (nSPS) is 12.7. The third kappa shape index (κ3) is 2.14. The van der Waals surface area contributed by atoms with Crippen LogP contribution in [0.2, 0.25) is 0 Å². The number of pyridine rings is 1. The maximum atomic E-state index is 5.64. The predicted molar refractivity (Wildman–Crippen MR) is 67.2 cm³/mol. The lowest BCUT2D eigenvalue weighted by atomic mass is 10.0. The van der Waals surface area contributed by atoms with Crippen LogP contribution in [0.3, 0.4) is 0 Å². The summed E-state index contributed by atoms with van der Waals surface area (Å²) in [6, 6.07) is 4.24. The number of nitrogens with zero attached hydrogens (tertiary/aromatic N) is 1. The number of nitrogens with one attached hydrogen (secondary N) is 1. The van der Waals surface area contributed by atoms with E-state index in [-0.39, 0.29) is 6.04 Å². The highest BCUT2D eigenvalue weighted by molar-refractivity contribution is 7.10. The first-order valence-corrected chi connectivity index (χ1v) is 6.02. The standard InChI is InChI=1S/C12H15N3S/c1-8-5-10(7-14-6-8)12(15-13)11-3-4-16-9(11)2/h3-7,12,15H,13H2,1-2H3. The van der Waals surface area contributed by atoms with Gasteiger partial charge in [0.15, 0.2) is 0 Å². The van der Waals surface area contributed by atoms with Crippen molar-refractivity contribution in [1.29, 1.82) is 0 Å². The highest BCUT2D eigenvalue weighted by Crippen LogP contribution is 2.27. The van der Waals surface area contributed by atoms with E-state index in [0.717, 1.165) is 11.1 Å². The molecule has 0 radical (unpaired) electrons. The summed E-state index contributed by atoms with van der Waals surface area (Å²) in [5, 5.41) is 2.08. The van der Waals surface area contributed by atoms with Gasteiger partial charge in [-0.2, -0.15) is 0 Å². The topological polar surface area (TPSA) is 50.9 Å². The molecular weight excluding hydrogens is 218 g/mol. The summed E-state index contributed by atoms with van der Waals surface area (Å²) < 4.78 is 0. The molecular formula is C12H15N3S. The van der Waals surface area contributed by atoms with E-state index in [1.165, 1.54) is 10.4 Å². The molecule has 84 valence electrons. The number of hydrogen-bond donors (Lipinski definition) is 2. The summed E-state index contributed by atoms with van der Waals surface area (Å²) in [4.78, 5) is 5.48. The van der Waals surface area contributed by atoms with Gasteiger partial charge in [0.25, 0.3) is 0 Å². The molecule has 0 aliphatic rings. The van der Waals surface area contributed by atoms with E-state index in [1.54, 1.807) is 11.3 Å². The lowest BCUT2D eigenvalue weighted by Crippen LogP contribution is -2.29. The molecule has 0 saturated heterocycles. The molecule has 0 bridgehead atoms. The van der Waals surface area contributed by atoms with Gasteiger partial charge in [-0.3, -0.25) is 10.8 Å². The van der Waals surface area contributed by atoms with Gasteiger partial charge in [0, 0.05) is 17.3 Å². The minimum Gasteiger partial charge on any atom is -0.271 e. The summed E-state index contributed by atoms with van der Waals surface area (Å²) in [6.07, 6.45) is 3.70. The van der Waals surface area contributed by atoms with Crippen LogP contribution in [0.25, 0.3) is 0 Å². The molecule has 1 unspecified atom stereocenters. The molecule has 0 spiro atoms. The summed E-state index contributed by atoms with van der Waals surface area (Å²) in [6.45, 7) is 4.14. The van der Waals surface area contributed by atoms with E-state index in [0.29, 0.717) is 0 Å². The average Bonchev–Trinajstić information content (AvgIpc) is 2.67. The number of rotatable bonds is 3. The van der Waals surface area contributed by atoms with Crippen molar-refractivity contribution in [2.45, 2.75) is 19.9 Å². The minimum absolute atomic E-state index is 0.0265. The second-order valence-electron chi connectivity index (χ2n) is 3.83. The van der Waals surface area contributed by atoms with Crippen LogP contribution in [-0.2, 0) is 0 Å². The second-order valence-corrected chi connectivity index (χ2v) is 4.95. The molecule has 0 amide bonds. The molecule has 3 nitrogen and oxygen atoms in total. The third-order valence-electron chi connectivity index (χ3n) is 2.61. The van der Waals surface area contributed by atoms with E-state index in [2.05, 4.69) is 34.8 Å². The molecule has 0 aliphatic heterocycles. The molecule has 16 heavy (non-hydrogen) atoms. The van der Waals surface area contributed by atoms with Gasteiger partial charge in [0.05, 0.1) is 6.04 Å². The largest absolute Gasteiger partial charge is 0.271 e. The predicted octanol–water partition coefficient (Wildman–Crippen LogP) is 2.31. The molecule has 0 saturated carbocycles. The molecule has 3 N–H and O–H groups in total. The number of aryl methyl sites for hydroxylation is 2. The molecule has 2 heterocycles. The van der Waals surface area contributed by atoms with Crippen molar-refractivity contribution in [1.82, 2.24) is 10.4 Å². The fourth-order valence-electron chi connectivity index (χ4n) is 1.80. The van der Waals surface area contributed by atoms with Gasteiger partial charge in [-0.15, -0.1) is 11.3 Å². The Morgan fingerprint density at radius 1 is 1.38 bits per heavy atom. The van der Waals surface area contributed by atoms with Crippen LogP contribution >= 0.6 is 11.3 Å². The van der Waals surface area contributed by atoms with Crippen LogP contribution in [0.15, 0.2) is 29.9 Å². The van der Waals surface area contributed by atoms with Gasteiger partial charge in [-0.25, -0.2) is 5.43 Å². The van der Waals surface area contributed by atoms with E-state index in [9.17, 15) is 0 Å². The van der Waals surface area contributed by atoms with E-state index < -0.39 is 0 Å². The zero-order valence-corrected chi connectivity index (χ0v) is 10.2. The highest BCUT2D eigenvalue weighted by Gasteiger charge is 2.15. The van der Waals surface area contributed by atoms with Gasteiger partial charge in [-0.05, 0) is 42.0 Å². The third-order valence-corrected chi connectivity index (χ3v) is 3.47. The molecule has 2 rings (SSSR count). The van der Waals surface area contributed by atoms with Crippen molar-refractivity contribution in [2.24, 2.45) is 5.84 Å². The highest BCUT2D eigenvalue weighted by atomic mass is 32.1. The van der Waals surface area contributed by atoms with Crippen molar-refractivity contribution in [2.75, 3.05) is 0 Å². The Labute approximate surface area is 99.3 Å². The molecule has 2 aromatic rings. The Balaban J connectivity index is 2.40. The van der Waals surface area contributed by atoms with Gasteiger partial charge in [0.1, 0.15) is 0 Å². The summed E-state index contributed by atoms with van der Waals surface area (Å²) in [5.74, 6) is 5.64. The fourth-order valence-corrected chi connectivity index (χ4v) is 2.54. The summed E-state index contributed by atoms with van der Waals surface area (Å²) in [7, 11) is 0. The lowest BCUT2D eigenvalue weighted by Gasteiger charge is -2.16. The number of aromatic nitrogens is 1. The molecule has 4 heteroatoms. The number of nitrogens with two attached hydrogens (primary N) is 1. The zero-order valence-electron chi connectivity index (χ0n) is 9.40. The average molecular weight is 233 g/mol. The Morgan fingerprint density at radius 2 is 2.19 bits per heavy atom. The van der Waals surface area contributed by atoms with E-state index in [1.807, 2.05) is 19.3 Å². The number of hydrazine groups is 1. The van der Waals surface area contributed by atoms with Gasteiger partial charge < -0.3 is 0 Å². The van der Waals surface area contributed by atoms with Crippen LogP contribution in [0.4, 0.5) is 0 Å². The summed E-state index contributed by atoms with van der Waals surface area (Å²) in [5.41, 5.74) is 6.32. The first-order valence-electron chi connectivity index (χ1n) is 5.14. The first kappa shape index (κ1) is 11.3. The minimum atomic E-state index is 0.0265. The molecule has 0 aromatic carbocycles. The van der Waals surface area contributed by atoms with Crippen molar-refractivity contribution < 1.29 is 0 Å². The Kier molecular flexibility index (Phi) is 3.33. The maximum absolute atomic E-state index is 5.64. The van der Waals surface area contributed by atoms with Gasteiger partial charge in [-0.1, -0.05) is 6.07 Å². The fraction of sp³-hybridized carbons (Fsp3) is 0.250. The van der Waals surface area contributed by atoms with E-state index in [4.69, 9.17) is 5.84 Å². The van der Waals surface area contributed by atoms with Crippen LogP contribution in [0.5, 0.6) is 0 Å². The number of hydrogen-bond acceptors (Lipinski definition) is 4. The Hall–Kier alpha value is -1.23. The van der Waals surface area contributed by atoms with Crippen molar-refractivity contribution >= 4 is 11.3 Å². The van der Waals surface area contributed by atoms with Gasteiger partial charge >= 0.3 is 0 Å². The van der Waals surface area contributed by atoms with Crippen LogP contribution < -0.4 is 11.3 Å². The zero-order chi connectivity index (χ0) is 11.5. The van der Waals surface area contributed by atoms with Gasteiger partial charge in [0.2, 0.25) is 0 Å². The summed E-state index contributed by atoms with van der Waals surface area (Å²) >= 11 is 1.73. The maximum Gasteiger partial charge on any atom is 0.0735 e. The van der Waals surface area contributed by atoms with Crippen molar-refractivity contribution in [3.8, 4) is 0 Å². The van der Waals surface area contributed by atoms with Crippen molar-refractivity contribution in [3.63, 3.8) is 0 Å². The molecule has 2 aromatic heterocycles. The quantitative estimate of drug-likeness (QED) is 0.632. The Morgan fingerprint density at radius 3 is 2.75 bits per heavy atom.